The normalized spacial score (nSPS) is 23.1. The van der Waals surface area contributed by atoms with Gasteiger partial charge >= 0.3 is 0 Å². The van der Waals surface area contributed by atoms with Crippen LogP contribution in [0.15, 0.2) is 42.5 Å². The molecule has 0 aromatic heterocycles. The van der Waals surface area contributed by atoms with E-state index in [4.69, 9.17) is 28.4 Å². The van der Waals surface area contributed by atoms with Crippen LogP contribution in [0.25, 0.3) is 0 Å². The first-order valence-electron chi connectivity index (χ1n) is 16.4. The highest BCUT2D eigenvalue weighted by molar-refractivity contribution is 6.03. The Hall–Kier alpha value is -2.33. The van der Waals surface area contributed by atoms with E-state index in [0.29, 0.717) is 77.8 Å². The molecule has 2 bridgehead atoms. The van der Waals surface area contributed by atoms with E-state index in [0.717, 1.165) is 43.2 Å². The Morgan fingerprint density at radius 1 is 0.818 bits per heavy atom. The molecule has 1 saturated heterocycles. The summed E-state index contributed by atoms with van der Waals surface area (Å²) in [5, 5.41) is 0. The van der Waals surface area contributed by atoms with Gasteiger partial charge in [0, 0.05) is 19.2 Å². The van der Waals surface area contributed by atoms with Crippen LogP contribution in [0.4, 0.5) is 0 Å². The van der Waals surface area contributed by atoms with E-state index in [1.807, 2.05) is 12.1 Å². The van der Waals surface area contributed by atoms with Crippen LogP contribution in [-0.4, -0.2) is 103 Å². The van der Waals surface area contributed by atoms with Gasteiger partial charge in [0.15, 0.2) is 5.78 Å². The topological polar surface area (TPSA) is 75.7 Å². The Bertz CT molecular complexity index is 1200. The van der Waals surface area contributed by atoms with Crippen molar-refractivity contribution in [2.75, 3.05) is 86.3 Å². The molecule has 0 amide bonds. The molecule has 2 aliphatic carbocycles. The number of likely N-dealkylation sites (tertiary alicyclic amines) is 1. The van der Waals surface area contributed by atoms with E-state index in [-0.39, 0.29) is 11.5 Å². The second kappa shape index (κ2) is 16.3. The molecule has 3 atom stereocenters. The number of hydrogen-bond acceptors (Lipinski definition) is 8. The number of hydrogen-bond donors (Lipinski definition) is 0. The monoisotopic (exact) mass is 609 g/mol. The van der Waals surface area contributed by atoms with Gasteiger partial charge in [0.1, 0.15) is 12.4 Å². The summed E-state index contributed by atoms with van der Waals surface area (Å²) < 4.78 is 32.9. The van der Waals surface area contributed by atoms with Crippen molar-refractivity contribution >= 4 is 5.78 Å². The van der Waals surface area contributed by atoms with Gasteiger partial charge in [0.2, 0.25) is 0 Å². The first-order valence-corrected chi connectivity index (χ1v) is 16.4. The summed E-state index contributed by atoms with van der Waals surface area (Å²) in [5.41, 5.74) is 4.66. The number of fused-ring (bicyclic) bond motifs is 4. The highest BCUT2D eigenvalue weighted by Gasteiger charge is 2.52. The minimum absolute atomic E-state index is 0.0278. The lowest BCUT2D eigenvalue weighted by molar-refractivity contribution is -0.00978. The molecular weight excluding hydrogens is 558 g/mol. The number of piperidine rings is 1. The van der Waals surface area contributed by atoms with Gasteiger partial charge in [-0.3, -0.25) is 9.69 Å². The van der Waals surface area contributed by atoms with E-state index >= 15 is 0 Å². The molecule has 3 aliphatic rings. The van der Waals surface area contributed by atoms with Crippen molar-refractivity contribution in [2.45, 2.75) is 51.0 Å². The summed E-state index contributed by atoms with van der Waals surface area (Å²) in [5.74, 6) is 2.29. The number of carbonyl (C=O) groups is 1. The number of nitrogens with zero attached hydrogens (tertiary/aromatic N) is 1. The number of ether oxygens (including phenoxy) is 6. The van der Waals surface area contributed by atoms with Crippen LogP contribution < -0.4 is 4.74 Å². The van der Waals surface area contributed by atoms with Gasteiger partial charge in [-0.05, 0) is 78.3 Å². The molecule has 44 heavy (non-hydrogen) atoms. The number of ketones is 1. The summed E-state index contributed by atoms with van der Waals surface area (Å²) in [6.07, 6.45) is 4.56. The lowest BCUT2D eigenvalue weighted by Crippen LogP contribution is -2.61. The molecule has 2 aromatic rings. The van der Waals surface area contributed by atoms with Crippen molar-refractivity contribution in [2.24, 2.45) is 11.8 Å². The van der Waals surface area contributed by atoms with Crippen molar-refractivity contribution in [1.82, 2.24) is 4.90 Å². The van der Waals surface area contributed by atoms with Crippen molar-refractivity contribution in [3.63, 3.8) is 0 Å². The molecule has 2 aromatic carbocycles. The van der Waals surface area contributed by atoms with Crippen molar-refractivity contribution in [1.29, 1.82) is 0 Å². The molecule has 2 fully saturated rings. The Kier molecular flexibility index (Phi) is 12.2. The molecular formula is C36H51NO7. The van der Waals surface area contributed by atoms with Gasteiger partial charge in [0.05, 0.1) is 65.5 Å². The zero-order chi connectivity index (χ0) is 30.8. The highest BCUT2D eigenvalue weighted by atomic mass is 16.6. The molecule has 0 N–H and O–H groups in total. The van der Waals surface area contributed by atoms with Gasteiger partial charge in [-0.15, -0.1) is 0 Å². The third kappa shape index (κ3) is 8.68. The van der Waals surface area contributed by atoms with Gasteiger partial charge in [0.25, 0.3) is 0 Å². The molecule has 5 rings (SSSR count). The van der Waals surface area contributed by atoms with Crippen LogP contribution in [0.5, 0.6) is 5.75 Å². The van der Waals surface area contributed by atoms with Gasteiger partial charge in [-0.2, -0.15) is 0 Å². The van der Waals surface area contributed by atoms with Gasteiger partial charge in [-0.1, -0.05) is 44.2 Å². The first-order chi connectivity index (χ1) is 21.5. The number of carbonyl (C=O) groups excluding carboxylic acids is 1. The summed E-state index contributed by atoms with van der Waals surface area (Å²) in [6.45, 7) is 12.2. The Morgan fingerprint density at radius 2 is 1.45 bits per heavy atom. The van der Waals surface area contributed by atoms with Gasteiger partial charge in [-0.25, -0.2) is 0 Å². The lowest BCUT2D eigenvalue weighted by Gasteiger charge is -2.53. The maximum atomic E-state index is 13.7. The number of benzene rings is 2. The molecule has 0 spiro atoms. The predicted molar refractivity (Wildman–Crippen MR) is 170 cm³/mol. The number of methoxy groups -OCH3 is 1. The van der Waals surface area contributed by atoms with Gasteiger partial charge < -0.3 is 28.4 Å². The van der Waals surface area contributed by atoms with Crippen molar-refractivity contribution in [3.05, 3.63) is 64.7 Å². The molecule has 8 nitrogen and oxygen atoms in total. The fourth-order valence-corrected chi connectivity index (χ4v) is 6.67. The average Bonchev–Trinajstić information content (AvgIpc) is 3.85. The Balaban J connectivity index is 1.02. The molecule has 242 valence electrons. The molecule has 1 aliphatic heterocycles. The minimum atomic E-state index is 0.0278. The summed E-state index contributed by atoms with van der Waals surface area (Å²) in [6, 6.07) is 14.8. The smallest absolute Gasteiger partial charge is 0.180 e. The average molecular weight is 610 g/mol. The molecule has 1 unspecified atom stereocenters. The van der Waals surface area contributed by atoms with Crippen molar-refractivity contribution in [3.8, 4) is 5.75 Å². The van der Waals surface area contributed by atoms with Crippen LogP contribution >= 0.6 is 0 Å². The third-order valence-corrected chi connectivity index (χ3v) is 9.56. The Labute approximate surface area is 263 Å². The summed E-state index contributed by atoms with van der Waals surface area (Å²) in [7, 11) is 1.65. The second-order valence-corrected chi connectivity index (χ2v) is 12.7. The standard InChI is InChI=1S/C36H51NO7/c1-27-34-35(38)32-10-9-30(25-33(32)36(27,2)11-12-37(34)26-28-7-8-28)23-29-5-4-6-31(24-29)44-22-21-43-20-19-42-18-17-41-16-15-40-14-13-39-3/h4-6,9-10,24-25,27-28,34H,7-8,11-23,26H2,1-3H3/t27-,34?,36+/m0/s1. The SMILES string of the molecule is COCCOCCOCCOCCOCCOc1cccc(Cc2ccc3c(c2)[C@]2(C)CCN(CC4CC4)C(C3=O)[C@@H]2C)c1. The first kappa shape index (κ1) is 33.0. The van der Waals surface area contributed by atoms with E-state index in [1.165, 1.54) is 29.5 Å². The van der Waals surface area contributed by atoms with Crippen LogP contribution in [0.3, 0.4) is 0 Å². The zero-order valence-electron chi connectivity index (χ0n) is 26.9. The lowest BCUT2D eigenvalue weighted by atomic mass is 9.58. The largest absolute Gasteiger partial charge is 0.491 e. The fourth-order valence-electron chi connectivity index (χ4n) is 6.67. The Morgan fingerprint density at radius 3 is 2.11 bits per heavy atom. The molecule has 8 heteroatoms. The maximum Gasteiger partial charge on any atom is 0.180 e. The summed E-state index contributed by atoms with van der Waals surface area (Å²) >= 11 is 0. The van der Waals surface area contributed by atoms with E-state index in [1.54, 1.807) is 7.11 Å². The van der Waals surface area contributed by atoms with Crippen LogP contribution in [-0.2, 0) is 35.5 Å². The molecule has 1 heterocycles. The van der Waals surface area contributed by atoms with Crippen LogP contribution in [0.1, 0.15) is 60.2 Å². The quantitative estimate of drug-likeness (QED) is 0.196. The zero-order valence-corrected chi connectivity index (χ0v) is 26.9. The summed E-state index contributed by atoms with van der Waals surface area (Å²) in [4.78, 5) is 16.2. The van der Waals surface area contributed by atoms with E-state index < -0.39 is 0 Å². The molecule has 0 radical (unpaired) electrons. The number of Topliss-reactive ketones (excluding diaryl/α,β-unsaturated/α-hetero) is 1. The minimum Gasteiger partial charge on any atom is -0.491 e. The van der Waals surface area contributed by atoms with Crippen LogP contribution in [0.2, 0.25) is 0 Å². The van der Waals surface area contributed by atoms with E-state index in [2.05, 4.69) is 49.1 Å². The maximum absolute atomic E-state index is 13.7. The van der Waals surface area contributed by atoms with Crippen LogP contribution in [0, 0.1) is 11.8 Å². The van der Waals surface area contributed by atoms with E-state index in [9.17, 15) is 4.79 Å². The third-order valence-electron chi connectivity index (χ3n) is 9.56. The molecule has 1 saturated carbocycles. The van der Waals surface area contributed by atoms with Crippen molar-refractivity contribution < 1.29 is 33.2 Å². The fraction of sp³-hybridized carbons (Fsp3) is 0.639. The number of rotatable bonds is 20. The second-order valence-electron chi connectivity index (χ2n) is 12.7. The highest BCUT2D eigenvalue weighted by Crippen LogP contribution is 2.49. The predicted octanol–water partition coefficient (Wildman–Crippen LogP) is 4.94.